The van der Waals surface area contributed by atoms with E-state index in [9.17, 15) is 8.42 Å². The normalized spacial score (nSPS) is 19.9. The lowest BCUT2D eigenvalue weighted by molar-refractivity contribution is 0.381. The van der Waals surface area contributed by atoms with Crippen molar-refractivity contribution in [1.82, 2.24) is 9.62 Å². The Bertz CT molecular complexity index is 335. The summed E-state index contributed by atoms with van der Waals surface area (Å²) in [6.07, 6.45) is 4.86. The molecule has 1 N–H and O–H groups in total. The molecular formula is C13H28N2O2S. The van der Waals surface area contributed by atoms with Crippen LogP contribution in [0.5, 0.6) is 0 Å². The minimum absolute atomic E-state index is 0.322. The average molecular weight is 276 g/mol. The Balaban J connectivity index is 2.49. The van der Waals surface area contributed by atoms with Crippen molar-refractivity contribution in [1.29, 1.82) is 0 Å². The van der Waals surface area contributed by atoms with Crippen LogP contribution in [0.4, 0.5) is 0 Å². The van der Waals surface area contributed by atoms with E-state index in [-0.39, 0.29) is 5.25 Å². The minimum atomic E-state index is -3.15. The van der Waals surface area contributed by atoms with Gasteiger partial charge in [0.05, 0.1) is 5.25 Å². The quantitative estimate of drug-likeness (QED) is 0.772. The van der Waals surface area contributed by atoms with Crippen molar-refractivity contribution in [3.63, 3.8) is 0 Å². The van der Waals surface area contributed by atoms with Crippen LogP contribution in [-0.2, 0) is 10.0 Å². The molecule has 0 aromatic rings. The third-order valence-electron chi connectivity index (χ3n) is 3.75. The molecule has 1 aliphatic rings. The molecular weight excluding hydrogens is 248 g/mol. The van der Waals surface area contributed by atoms with Crippen molar-refractivity contribution in [2.24, 2.45) is 5.92 Å². The topological polar surface area (TPSA) is 49.4 Å². The summed E-state index contributed by atoms with van der Waals surface area (Å²) in [7, 11) is -1.43. The van der Waals surface area contributed by atoms with Crippen molar-refractivity contribution < 1.29 is 8.42 Å². The van der Waals surface area contributed by atoms with Crippen molar-refractivity contribution >= 4 is 10.0 Å². The summed E-state index contributed by atoms with van der Waals surface area (Å²) in [4.78, 5) is 0. The molecule has 1 saturated carbocycles. The molecule has 1 rings (SSSR count). The van der Waals surface area contributed by atoms with Gasteiger partial charge in [-0.25, -0.2) is 12.7 Å². The molecule has 0 bridgehead atoms. The van der Waals surface area contributed by atoms with Crippen molar-refractivity contribution in [3.05, 3.63) is 0 Å². The maximum atomic E-state index is 12.3. The first kappa shape index (κ1) is 15.9. The summed E-state index contributed by atoms with van der Waals surface area (Å²) in [6, 6.07) is 0.322. The lowest BCUT2D eigenvalue weighted by Gasteiger charge is -2.25. The second-order valence-electron chi connectivity index (χ2n) is 5.85. The Labute approximate surface area is 112 Å². The van der Waals surface area contributed by atoms with E-state index < -0.39 is 10.0 Å². The largest absolute Gasteiger partial charge is 0.313 e. The van der Waals surface area contributed by atoms with Gasteiger partial charge in [-0.2, -0.15) is 0 Å². The van der Waals surface area contributed by atoms with E-state index >= 15 is 0 Å². The van der Waals surface area contributed by atoms with Gasteiger partial charge in [0.15, 0.2) is 0 Å². The third-order valence-corrected chi connectivity index (χ3v) is 5.95. The molecule has 5 heteroatoms. The molecule has 1 atom stereocenters. The zero-order valence-electron chi connectivity index (χ0n) is 12.1. The van der Waals surface area contributed by atoms with Gasteiger partial charge in [-0.3, -0.25) is 0 Å². The van der Waals surface area contributed by atoms with Gasteiger partial charge in [-0.15, -0.1) is 0 Å². The number of hydrogen-bond acceptors (Lipinski definition) is 3. The molecule has 0 spiro atoms. The predicted octanol–water partition coefficient (Wildman–Crippen LogP) is 1.82. The number of nitrogens with one attached hydrogen (secondary N) is 1. The van der Waals surface area contributed by atoms with E-state index in [1.54, 1.807) is 18.3 Å². The Kier molecular flexibility index (Phi) is 6.08. The fourth-order valence-corrected chi connectivity index (χ4v) is 3.81. The molecule has 1 unspecified atom stereocenters. The van der Waals surface area contributed by atoms with Crippen molar-refractivity contribution in [2.75, 3.05) is 20.1 Å². The first-order valence-corrected chi connectivity index (χ1v) is 8.53. The smallest absolute Gasteiger partial charge is 0.217 e. The third kappa shape index (κ3) is 4.52. The van der Waals surface area contributed by atoms with Gasteiger partial charge >= 0.3 is 0 Å². The van der Waals surface area contributed by atoms with Gasteiger partial charge in [0.1, 0.15) is 0 Å². The van der Waals surface area contributed by atoms with Crippen molar-refractivity contribution in [3.8, 4) is 0 Å². The van der Waals surface area contributed by atoms with Crippen LogP contribution in [0.25, 0.3) is 0 Å². The van der Waals surface area contributed by atoms with Crippen LogP contribution in [0, 0.1) is 5.92 Å². The van der Waals surface area contributed by atoms with Crippen LogP contribution in [0.15, 0.2) is 0 Å². The minimum Gasteiger partial charge on any atom is -0.313 e. The zero-order valence-corrected chi connectivity index (χ0v) is 13.0. The van der Waals surface area contributed by atoms with E-state index in [1.807, 2.05) is 13.8 Å². The Morgan fingerprint density at radius 3 is 2.28 bits per heavy atom. The van der Waals surface area contributed by atoms with Crippen LogP contribution in [-0.4, -0.2) is 44.2 Å². The highest BCUT2D eigenvalue weighted by Gasteiger charge is 2.28. The molecule has 108 valence electrons. The van der Waals surface area contributed by atoms with Crippen LogP contribution < -0.4 is 5.32 Å². The molecule has 0 saturated heterocycles. The highest BCUT2D eigenvalue weighted by molar-refractivity contribution is 7.89. The van der Waals surface area contributed by atoms with Gasteiger partial charge in [0.25, 0.3) is 0 Å². The van der Waals surface area contributed by atoms with E-state index in [4.69, 9.17) is 0 Å². The van der Waals surface area contributed by atoms with Crippen molar-refractivity contribution in [2.45, 2.75) is 57.7 Å². The number of nitrogens with zero attached hydrogens (tertiary/aromatic N) is 1. The number of hydrogen-bond donors (Lipinski definition) is 1. The molecule has 0 amide bonds. The summed E-state index contributed by atoms with van der Waals surface area (Å²) in [6.45, 7) is 7.06. The molecule has 0 aromatic heterocycles. The molecule has 0 aromatic carbocycles. The summed E-state index contributed by atoms with van der Waals surface area (Å²) in [5.41, 5.74) is 0. The summed E-state index contributed by atoms with van der Waals surface area (Å²) < 4.78 is 26.2. The maximum absolute atomic E-state index is 12.3. The van der Waals surface area contributed by atoms with Crippen LogP contribution in [0.3, 0.4) is 0 Å². The van der Waals surface area contributed by atoms with E-state index in [2.05, 4.69) is 5.32 Å². The molecule has 0 radical (unpaired) electrons. The SMILES string of the molecule is CC(C)NCC(C)S(=O)(=O)N(C)CC1CCCC1. The second-order valence-corrected chi connectivity index (χ2v) is 8.31. The Morgan fingerprint density at radius 2 is 1.78 bits per heavy atom. The second kappa shape index (κ2) is 6.87. The Morgan fingerprint density at radius 1 is 1.22 bits per heavy atom. The average Bonchev–Trinajstić information content (AvgIpc) is 2.78. The fraction of sp³-hybridized carbons (Fsp3) is 1.00. The Hall–Kier alpha value is -0.130. The van der Waals surface area contributed by atoms with Gasteiger partial charge in [-0.1, -0.05) is 26.7 Å². The summed E-state index contributed by atoms with van der Waals surface area (Å²) in [5, 5.41) is 2.84. The summed E-state index contributed by atoms with van der Waals surface area (Å²) in [5.74, 6) is 0.565. The highest BCUT2D eigenvalue weighted by Crippen LogP contribution is 2.26. The maximum Gasteiger partial charge on any atom is 0.217 e. The number of sulfonamides is 1. The van der Waals surface area contributed by atoms with Gasteiger partial charge < -0.3 is 5.32 Å². The van der Waals surface area contributed by atoms with Crippen LogP contribution in [0.1, 0.15) is 46.5 Å². The summed E-state index contributed by atoms with van der Waals surface area (Å²) >= 11 is 0. The molecule has 1 aliphatic carbocycles. The fourth-order valence-electron chi connectivity index (χ4n) is 2.47. The van der Waals surface area contributed by atoms with Crippen LogP contribution in [0.2, 0.25) is 0 Å². The first-order valence-electron chi connectivity index (χ1n) is 7.02. The molecule has 0 aliphatic heterocycles. The first-order chi connectivity index (χ1) is 8.34. The standard InChI is InChI=1S/C13H28N2O2S/c1-11(2)14-9-12(3)18(16,17)15(4)10-13-7-5-6-8-13/h11-14H,5-10H2,1-4H3. The molecule has 18 heavy (non-hydrogen) atoms. The van der Waals surface area contributed by atoms with Gasteiger partial charge in [0, 0.05) is 26.2 Å². The highest BCUT2D eigenvalue weighted by atomic mass is 32.2. The molecule has 4 nitrogen and oxygen atoms in total. The monoisotopic (exact) mass is 276 g/mol. The van der Waals surface area contributed by atoms with Gasteiger partial charge in [0.2, 0.25) is 10.0 Å². The molecule has 0 heterocycles. The van der Waals surface area contributed by atoms with E-state index in [1.165, 1.54) is 25.7 Å². The van der Waals surface area contributed by atoms with E-state index in [0.717, 1.165) is 0 Å². The van der Waals surface area contributed by atoms with Gasteiger partial charge in [-0.05, 0) is 25.7 Å². The lowest BCUT2D eigenvalue weighted by atomic mass is 10.1. The lowest BCUT2D eigenvalue weighted by Crippen LogP contribution is -2.43. The number of rotatable bonds is 7. The predicted molar refractivity (Wildman–Crippen MR) is 76.1 cm³/mol. The zero-order chi connectivity index (χ0) is 13.8. The molecule has 1 fully saturated rings. The van der Waals surface area contributed by atoms with Crippen LogP contribution >= 0.6 is 0 Å². The van der Waals surface area contributed by atoms with E-state index in [0.29, 0.717) is 25.0 Å².